The number of carbonyl (C=O) groups is 1. The molecular weight excluding hydrogens is 324 g/mol. The second-order valence-electron chi connectivity index (χ2n) is 5.59. The van der Waals surface area contributed by atoms with E-state index < -0.39 is 43.3 Å². The van der Waals surface area contributed by atoms with Gasteiger partial charge in [-0.2, -0.15) is 0 Å². The van der Waals surface area contributed by atoms with Gasteiger partial charge in [-0.3, -0.25) is 0 Å². The van der Waals surface area contributed by atoms with Crippen LogP contribution in [0.2, 0.25) is 0 Å². The number of hydrogen-bond acceptors (Lipinski definition) is 8. The maximum Gasteiger partial charge on any atom is 0.329 e. The second kappa shape index (κ2) is 10.9. The van der Waals surface area contributed by atoms with E-state index in [-0.39, 0.29) is 25.9 Å². The van der Waals surface area contributed by atoms with E-state index in [4.69, 9.17) is 38.6 Å². The quantitative estimate of drug-likeness (QED) is 0.515. The van der Waals surface area contributed by atoms with Gasteiger partial charge in [0.1, 0.15) is 31.0 Å². The van der Waals surface area contributed by atoms with Crippen LogP contribution in [0.1, 0.15) is 13.8 Å². The molecule has 5 atom stereocenters. The van der Waals surface area contributed by atoms with Gasteiger partial charge in [0.15, 0.2) is 6.29 Å². The first-order valence-electron chi connectivity index (χ1n) is 7.83. The molecule has 0 aromatic heterocycles. The summed E-state index contributed by atoms with van der Waals surface area (Å²) in [6.07, 6.45) is -3.33. The van der Waals surface area contributed by atoms with Gasteiger partial charge < -0.3 is 38.6 Å². The van der Waals surface area contributed by atoms with Crippen molar-refractivity contribution in [2.45, 2.75) is 50.7 Å². The molecule has 1 fully saturated rings. The van der Waals surface area contributed by atoms with Gasteiger partial charge in [0.05, 0.1) is 25.9 Å². The van der Waals surface area contributed by atoms with E-state index in [9.17, 15) is 4.79 Å². The van der Waals surface area contributed by atoms with E-state index in [0.29, 0.717) is 0 Å². The van der Waals surface area contributed by atoms with E-state index in [0.717, 1.165) is 0 Å². The lowest BCUT2D eigenvalue weighted by molar-refractivity contribution is -0.318. The second-order valence-corrected chi connectivity index (χ2v) is 5.59. The SMILES string of the molecule is COC1C(COC(C)C)O[C@@H](OCC(=O)O)C(OCCO)[C@H]1OC. The summed E-state index contributed by atoms with van der Waals surface area (Å²) in [4.78, 5) is 10.8. The van der Waals surface area contributed by atoms with E-state index >= 15 is 0 Å². The number of rotatable bonds is 11. The minimum absolute atomic E-state index is 0.00569. The molecule has 9 nitrogen and oxygen atoms in total. The molecule has 142 valence electrons. The Bertz CT molecular complexity index is 363. The van der Waals surface area contributed by atoms with Gasteiger partial charge in [-0.05, 0) is 13.8 Å². The molecule has 0 bridgehead atoms. The first kappa shape index (κ1) is 21.2. The summed E-state index contributed by atoms with van der Waals surface area (Å²) in [6.45, 7) is 3.31. The number of aliphatic hydroxyl groups is 1. The van der Waals surface area contributed by atoms with E-state index in [1.54, 1.807) is 0 Å². The lowest BCUT2D eigenvalue weighted by Gasteiger charge is -2.44. The first-order valence-corrected chi connectivity index (χ1v) is 7.83. The maximum absolute atomic E-state index is 10.8. The summed E-state index contributed by atoms with van der Waals surface area (Å²) in [7, 11) is 3.01. The molecule has 2 N–H and O–H groups in total. The molecule has 1 heterocycles. The summed E-state index contributed by atoms with van der Waals surface area (Å²) < 4.78 is 33.2. The van der Waals surface area contributed by atoms with Crippen LogP contribution in [0.4, 0.5) is 0 Å². The molecule has 0 aromatic carbocycles. The highest BCUT2D eigenvalue weighted by atomic mass is 16.7. The Hall–Kier alpha value is -0.810. The fourth-order valence-electron chi connectivity index (χ4n) is 2.51. The first-order chi connectivity index (χ1) is 11.4. The van der Waals surface area contributed by atoms with Crippen molar-refractivity contribution in [2.75, 3.05) is 40.6 Å². The molecule has 9 heteroatoms. The molecular formula is C15H28O9. The number of aliphatic hydroxyl groups excluding tert-OH is 1. The van der Waals surface area contributed by atoms with Gasteiger partial charge in [-0.15, -0.1) is 0 Å². The van der Waals surface area contributed by atoms with Gasteiger partial charge in [0, 0.05) is 14.2 Å². The molecule has 24 heavy (non-hydrogen) atoms. The minimum atomic E-state index is -1.13. The Morgan fingerprint density at radius 3 is 2.29 bits per heavy atom. The van der Waals surface area contributed by atoms with Crippen LogP contribution >= 0.6 is 0 Å². The predicted molar refractivity (Wildman–Crippen MR) is 81.8 cm³/mol. The van der Waals surface area contributed by atoms with Crippen molar-refractivity contribution in [3.05, 3.63) is 0 Å². The van der Waals surface area contributed by atoms with Crippen LogP contribution in [0.5, 0.6) is 0 Å². The molecule has 0 aromatic rings. The molecule has 1 aliphatic rings. The number of carboxylic acids is 1. The third-order valence-electron chi connectivity index (χ3n) is 3.50. The van der Waals surface area contributed by atoms with Gasteiger partial charge >= 0.3 is 5.97 Å². The topological polar surface area (TPSA) is 113 Å². The van der Waals surface area contributed by atoms with Crippen LogP contribution in [0.15, 0.2) is 0 Å². The summed E-state index contributed by atoms with van der Waals surface area (Å²) in [6, 6.07) is 0. The Morgan fingerprint density at radius 2 is 1.79 bits per heavy atom. The van der Waals surface area contributed by atoms with Gasteiger partial charge in [0.2, 0.25) is 0 Å². The smallest absolute Gasteiger partial charge is 0.329 e. The standard InChI is InChI=1S/C15H28O9/c1-9(2)22-7-10-12(19-3)13(20-4)14(21-6-5-16)15(24-10)23-8-11(17)18/h9-10,12-16H,5-8H2,1-4H3,(H,17,18)/t10?,12?,13-,14?,15+/m0/s1. The summed E-state index contributed by atoms with van der Waals surface area (Å²) in [5.41, 5.74) is 0. The van der Waals surface area contributed by atoms with E-state index in [2.05, 4.69) is 0 Å². The zero-order chi connectivity index (χ0) is 18.1. The number of carboxylic acid groups (broad SMARTS) is 1. The van der Waals surface area contributed by atoms with Crippen LogP contribution < -0.4 is 0 Å². The van der Waals surface area contributed by atoms with Crippen molar-refractivity contribution in [1.29, 1.82) is 0 Å². The molecule has 0 saturated carbocycles. The Kier molecular flexibility index (Phi) is 9.67. The van der Waals surface area contributed by atoms with Crippen LogP contribution in [-0.4, -0.2) is 93.6 Å². The van der Waals surface area contributed by atoms with Crippen LogP contribution in [0.3, 0.4) is 0 Å². The lowest BCUT2D eigenvalue weighted by atomic mass is 9.98. The molecule has 0 radical (unpaired) electrons. The maximum atomic E-state index is 10.8. The third kappa shape index (κ3) is 6.25. The number of aliphatic carboxylic acids is 1. The highest BCUT2D eigenvalue weighted by molar-refractivity contribution is 5.68. The number of hydrogen-bond donors (Lipinski definition) is 2. The summed E-state index contributed by atoms with van der Waals surface area (Å²) in [5.74, 6) is -1.13. The van der Waals surface area contributed by atoms with Crippen molar-refractivity contribution >= 4 is 5.97 Å². The Balaban J connectivity index is 2.91. The van der Waals surface area contributed by atoms with Crippen LogP contribution in [-0.2, 0) is 33.2 Å². The third-order valence-corrected chi connectivity index (χ3v) is 3.50. The highest BCUT2D eigenvalue weighted by Gasteiger charge is 2.48. The fourth-order valence-corrected chi connectivity index (χ4v) is 2.51. The Morgan fingerprint density at radius 1 is 1.12 bits per heavy atom. The average Bonchev–Trinajstić information content (AvgIpc) is 2.55. The van der Waals surface area contributed by atoms with Crippen LogP contribution in [0, 0.1) is 0 Å². The van der Waals surface area contributed by atoms with Crippen molar-refractivity contribution in [3.63, 3.8) is 0 Å². The predicted octanol–water partition coefficient (Wildman–Crippen LogP) is -0.355. The summed E-state index contributed by atoms with van der Waals surface area (Å²) in [5, 5.41) is 17.8. The largest absolute Gasteiger partial charge is 0.480 e. The van der Waals surface area contributed by atoms with Crippen molar-refractivity contribution in [1.82, 2.24) is 0 Å². The summed E-state index contributed by atoms with van der Waals surface area (Å²) >= 11 is 0. The van der Waals surface area contributed by atoms with Gasteiger partial charge in [-0.1, -0.05) is 0 Å². The zero-order valence-electron chi connectivity index (χ0n) is 14.5. The van der Waals surface area contributed by atoms with Crippen molar-refractivity contribution in [3.8, 4) is 0 Å². The Labute approximate surface area is 141 Å². The highest BCUT2D eigenvalue weighted by Crippen LogP contribution is 2.28. The molecule has 1 aliphatic heterocycles. The lowest BCUT2D eigenvalue weighted by Crippen LogP contribution is -2.61. The molecule has 3 unspecified atom stereocenters. The zero-order valence-corrected chi connectivity index (χ0v) is 14.5. The van der Waals surface area contributed by atoms with Crippen LogP contribution in [0.25, 0.3) is 0 Å². The molecule has 0 amide bonds. The van der Waals surface area contributed by atoms with E-state index in [1.165, 1.54) is 14.2 Å². The van der Waals surface area contributed by atoms with Crippen molar-refractivity contribution < 1.29 is 43.4 Å². The normalized spacial score (nSPS) is 30.7. The van der Waals surface area contributed by atoms with Crippen molar-refractivity contribution in [2.24, 2.45) is 0 Å². The molecule has 0 aliphatic carbocycles. The number of methoxy groups -OCH3 is 2. The van der Waals surface area contributed by atoms with Gasteiger partial charge in [0.25, 0.3) is 0 Å². The molecule has 0 spiro atoms. The molecule has 1 saturated heterocycles. The van der Waals surface area contributed by atoms with E-state index in [1.807, 2.05) is 13.8 Å². The fraction of sp³-hybridized carbons (Fsp3) is 0.933. The molecule has 1 rings (SSSR count). The average molecular weight is 352 g/mol. The van der Waals surface area contributed by atoms with Gasteiger partial charge in [-0.25, -0.2) is 4.79 Å². The number of ether oxygens (including phenoxy) is 6. The minimum Gasteiger partial charge on any atom is -0.480 e. The monoisotopic (exact) mass is 352 g/mol.